The van der Waals surface area contributed by atoms with Gasteiger partial charge in [0, 0.05) is 11.3 Å². The van der Waals surface area contributed by atoms with Crippen molar-refractivity contribution in [1.29, 1.82) is 5.26 Å². The molecular weight excluding hydrogens is 372 g/mol. The largest absolute Gasteiger partial charge is 0.355 e. The van der Waals surface area contributed by atoms with Crippen molar-refractivity contribution in [3.63, 3.8) is 0 Å². The third-order valence-corrected chi connectivity index (χ3v) is 5.24. The molecule has 1 atom stereocenters. The van der Waals surface area contributed by atoms with E-state index in [0.717, 1.165) is 4.90 Å². The van der Waals surface area contributed by atoms with Gasteiger partial charge < -0.3 is 10.3 Å². The molecule has 148 valence electrons. The van der Waals surface area contributed by atoms with Gasteiger partial charge in [0.05, 0.1) is 23.9 Å². The lowest BCUT2D eigenvalue weighted by Gasteiger charge is -2.22. The summed E-state index contributed by atoms with van der Waals surface area (Å²) in [7, 11) is 0. The van der Waals surface area contributed by atoms with Gasteiger partial charge in [-0.15, -0.1) is 0 Å². The minimum atomic E-state index is -1.34. The second-order valence-electron chi connectivity index (χ2n) is 7.24. The lowest BCUT2D eigenvalue weighted by Crippen LogP contribution is -2.41. The number of amides is 3. The van der Waals surface area contributed by atoms with Crippen molar-refractivity contribution in [3.8, 4) is 6.07 Å². The number of rotatable bonds is 5. The van der Waals surface area contributed by atoms with E-state index in [4.69, 9.17) is 5.26 Å². The molecule has 0 saturated carbocycles. The quantitative estimate of drug-likeness (QED) is 0.597. The molecule has 1 saturated heterocycles. The van der Waals surface area contributed by atoms with Crippen LogP contribution in [0.2, 0.25) is 0 Å². The summed E-state index contributed by atoms with van der Waals surface area (Å²) >= 11 is 0. The van der Waals surface area contributed by atoms with Crippen LogP contribution in [0.3, 0.4) is 0 Å². The topological polar surface area (TPSA) is 123 Å². The van der Waals surface area contributed by atoms with Gasteiger partial charge in [0.1, 0.15) is 5.54 Å². The van der Waals surface area contributed by atoms with E-state index in [-0.39, 0.29) is 11.5 Å². The maximum Gasteiger partial charge on any atom is 0.325 e. The molecule has 1 aliphatic rings. The molecule has 1 unspecified atom stereocenters. The first-order valence-electron chi connectivity index (χ1n) is 8.98. The molecule has 0 radical (unpaired) electrons. The van der Waals surface area contributed by atoms with Crippen molar-refractivity contribution >= 4 is 23.5 Å². The summed E-state index contributed by atoms with van der Waals surface area (Å²) in [5, 5.41) is 11.6. The maximum atomic E-state index is 13.0. The Kier molecular flexibility index (Phi) is 4.84. The molecule has 1 aromatic carbocycles. The minimum Gasteiger partial charge on any atom is -0.355 e. The number of aromatic nitrogens is 1. The summed E-state index contributed by atoms with van der Waals surface area (Å²) in [6.07, 6.45) is 0. The monoisotopic (exact) mass is 392 g/mol. The third kappa shape index (κ3) is 3.21. The number of nitrogens with zero attached hydrogens (tertiary/aromatic N) is 2. The van der Waals surface area contributed by atoms with E-state index in [0.29, 0.717) is 27.9 Å². The zero-order valence-electron chi connectivity index (χ0n) is 16.5. The molecule has 3 amide bonds. The second-order valence-corrected chi connectivity index (χ2v) is 7.24. The van der Waals surface area contributed by atoms with Crippen molar-refractivity contribution in [2.24, 2.45) is 0 Å². The molecule has 0 bridgehead atoms. The summed E-state index contributed by atoms with van der Waals surface area (Å²) in [5.41, 5.74) is 1.32. The van der Waals surface area contributed by atoms with Crippen LogP contribution < -0.4 is 5.32 Å². The Hall–Kier alpha value is -3.73. The highest BCUT2D eigenvalue weighted by Crippen LogP contribution is 2.29. The fourth-order valence-corrected chi connectivity index (χ4v) is 3.69. The number of urea groups is 1. The molecule has 0 spiro atoms. The third-order valence-electron chi connectivity index (χ3n) is 5.24. The van der Waals surface area contributed by atoms with Crippen LogP contribution in [0.15, 0.2) is 24.3 Å². The predicted molar refractivity (Wildman–Crippen MR) is 103 cm³/mol. The van der Waals surface area contributed by atoms with Crippen LogP contribution >= 0.6 is 0 Å². The van der Waals surface area contributed by atoms with Crippen LogP contribution in [0.5, 0.6) is 0 Å². The molecule has 1 aromatic heterocycles. The summed E-state index contributed by atoms with van der Waals surface area (Å²) in [6, 6.07) is 7.63. The van der Waals surface area contributed by atoms with E-state index >= 15 is 0 Å². The Balaban J connectivity index is 1.87. The van der Waals surface area contributed by atoms with Gasteiger partial charge in [-0.1, -0.05) is 12.1 Å². The normalized spacial score (nSPS) is 18.5. The number of nitriles is 1. The molecule has 2 aromatic rings. The number of hydrogen-bond donors (Lipinski definition) is 2. The first-order chi connectivity index (χ1) is 13.6. The van der Waals surface area contributed by atoms with Gasteiger partial charge in [0.2, 0.25) is 0 Å². The zero-order chi connectivity index (χ0) is 21.5. The van der Waals surface area contributed by atoms with Gasteiger partial charge in [-0.2, -0.15) is 5.26 Å². The Morgan fingerprint density at radius 1 is 1.17 bits per heavy atom. The average molecular weight is 392 g/mol. The van der Waals surface area contributed by atoms with Crippen molar-refractivity contribution < 1.29 is 19.2 Å². The number of ketones is 2. The number of nitrogens with one attached hydrogen (secondary N) is 2. The summed E-state index contributed by atoms with van der Waals surface area (Å²) < 4.78 is 0. The highest BCUT2D eigenvalue weighted by Gasteiger charge is 2.49. The zero-order valence-corrected chi connectivity index (χ0v) is 16.5. The van der Waals surface area contributed by atoms with E-state index in [1.54, 1.807) is 45.0 Å². The Morgan fingerprint density at radius 2 is 1.79 bits per heavy atom. The number of carbonyl (C=O) groups is 4. The molecule has 2 heterocycles. The van der Waals surface area contributed by atoms with E-state index in [1.165, 1.54) is 6.92 Å². The van der Waals surface area contributed by atoms with E-state index in [2.05, 4.69) is 10.3 Å². The molecule has 2 N–H and O–H groups in total. The van der Waals surface area contributed by atoms with E-state index in [9.17, 15) is 19.2 Å². The summed E-state index contributed by atoms with van der Waals surface area (Å²) in [6.45, 7) is 5.86. The molecule has 1 aliphatic heterocycles. The first-order valence-corrected chi connectivity index (χ1v) is 8.98. The highest BCUT2D eigenvalue weighted by molar-refractivity contribution is 6.12. The van der Waals surface area contributed by atoms with Crippen molar-refractivity contribution in [1.82, 2.24) is 15.2 Å². The maximum absolute atomic E-state index is 13.0. The van der Waals surface area contributed by atoms with Crippen molar-refractivity contribution in [3.05, 3.63) is 57.9 Å². The first kappa shape index (κ1) is 20.0. The number of benzene rings is 1. The SMILES string of the molecule is CC(=O)c1c(C)[nH]c(C(=O)CN2C(=O)NC(C)(c3ccc(C#N)cc3)C2=O)c1C. The fourth-order valence-electron chi connectivity index (χ4n) is 3.69. The van der Waals surface area contributed by atoms with Crippen LogP contribution in [0, 0.1) is 25.2 Å². The fraction of sp³-hybridized carbons (Fsp3) is 0.286. The van der Waals surface area contributed by atoms with Crippen molar-refractivity contribution in [2.75, 3.05) is 6.54 Å². The number of imide groups is 1. The Labute approximate surface area is 167 Å². The Bertz CT molecular complexity index is 1090. The number of Topliss-reactive ketones (excluding diaryl/α,β-unsaturated/α-hetero) is 2. The van der Waals surface area contributed by atoms with Gasteiger partial charge >= 0.3 is 6.03 Å². The average Bonchev–Trinajstić information content (AvgIpc) is 3.09. The Morgan fingerprint density at radius 3 is 2.31 bits per heavy atom. The van der Waals surface area contributed by atoms with Gasteiger partial charge in [-0.25, -0.2) is 4.79 Å². The van der Waals surface area contributed by atoms with E-state index < -0.39 is 29.8 Å². The van der Waals surface area contributed by atoms with Crippen LogP contribution in [-0.2, 0) is 10.3 Å². The second kappa shape index (κ2) is 7.02. The molecular formula is C21H20N4O4. The number of aryl methyl sites for hydroxylation is 1. The number of hydrogen-bond acceptors (Lipinski definition) is 5. The smallest absolute Gasteiger partial charge is 0.325 e. The summed E-state index contributed by atoms with van der Waals surface area (Å²) in [4.78, 5) is 53.8. The lowest BCUT2D eigenvalue weighted by molar-refractivity contribution is -0.130. The van der Waals surface area contributed by atoms with Gasteiger partial charge in [0.25, 0.3) is 5.91 Å². The van der Waals surface area contributed by atoms with E-state index in [1.807, 2.05) is 6.07 Å². The molecule has 8 nitrogen and oxygen atoms in total. The van der Waals surface area contributed by atoms with Gasteiger partial charge in [-0.3, -0.25) is 19.3 Å². The standard InChI is InChI=1S/C21H20N4O4/c1-11-17(13(3)26)12(2)23-18(11)16(27)10-25-19(28)21(4,24-20(25)29)15-7-5-14(9-22)6-8-15/h5-8,23H,10H2,1-4H3,(H,24,29). The van der Waals surface area contributed by atoms with Gasteiger partial charge in [0.15, 0.2) is 11.6 Å². The number of H-pyrrole nitrogens is 1. The predicted octanol–water partition coefficient (Wildman–Crippen LogP) is 2.36. The molecule has 3 rings (SSSR count). The number of aromatic amines is 1. The molecule has 29 heavy (non-hydrogen) atoms. The highest BCUT2D eigenvalue weighted by atomic mass is 16.2. The van der Waals surface area contributed by atoms with Crippen LogP contribution in [0.1, 0.15) is 57.1 Å². The van der Waals surface area contributed by atoms with Crippen LogP contribution in [-0.4, -0.2) is 39.9 Å². The number of carbonyl (C=O) groups excluding carboxylic acids is 4. The molecule has 1 fully saturated rings. The molecule has 8 heteroatoms. The van der Waals surface area contributed by atoms with Crippen LogP contribution in [0.25, 0.3) is 0 Å². The van der Waals surface area contributed by atoms with Crippen LogP contribution in [0.4, 0.5) is 4.79 Å². The summed E-state index contributed by atoms with van der Waals surface area (Å²) in [5.74, 6) is -1.20. The molecule has 0 aliphatic carbocycles. The lowest BCUT2D eigenvalue weighted by atomic mass is 9.91. The van der Waals surface area contributed by atoms with Gasteiger partial charge in [-0.05, 0) is 51.0 Å². The minimum absolute atomic E-state index is 0.168. The van der Waals surface area contributed by atoms with Crippen molar-refractivity contribution in [2.45, 2.75) is 33.2 Å².